The lowest BCUT2D eigenvalue weighted by atomic mass is 10.1. The molecule has 0 saturated carbocycles. The molecule has 0 spiro atoms. The molecule has 0 aliphatic carbocycles. The van der Waals surface area contributed by atoms with Gasteiger partial charge in [0.1, 0.15) is 0 Å². The third kappa shape index (κ3) is 3.44. The first-order chi connectivity index (χ1) is 10.0. The second-order valence-electron chi connectivity index (χ2n) is 4.36. The van der Waals surface area contributed by atoms with Gasteiger partial charge in [0.15, 0.2) is 23.0 Å². The Hall–Kier alpha value is -2.27. The lowest BCUT2D eigenvalue weighted by Crippen LogP contribution is -2.01. The largest absolute Gasteiger partial charge is 0.504 e. The molecule has 2 rings (SSSR count). The van der Waals surface area contributed by atoms with Gasteiger partial charge in [-0.15, -0.1) is 0 Å². The van der Waals surface area contributed by atoms with E-state index in [1.54, 1.807) is 24.3 Å². The summed E-state index contributed by atoms with van der Waals surface area (Å²) in [5.41, 5.74) is 1.28. The fraction of sp³-hybridized carbons (Fsp3) is 0.200. The topological polar surface area (TPSA) is 71.0 Å². The SMILES string of the molecule is COc1ccc(NCc2cc(Cl)cc(OC)c2O)cc1O. The van der Waals surface area contributed by atoms with E-state index in [9.17, 15) is 10.2 Å². The summed E-state index contributed by atoms with van der Waals surface area (Å²) in [5, 5.41) is 23.3. The van der Waals surface area contributed by atoms with Crippen LogP contribution in [0.1, 0.15) is 5.56 Å². The van der Waals surface area contributed by atoms with E-state index >= 15 is 0 Å². The van der Waals surface area contributed by atoms with Gasteiger partial charge in [0.05, 0.1) is 14.2 Å². The molecule has 0 amide bonds. The maximum absolute atomic E-state index is 10.0. The van der Waals surface area contributed by atoms with E-state index < -0.39 is 0 Å². The van der Waals surface area contributed by atoms with E-state index in [0.717, 1.165) is 0 Å². The summed E-state index contributed by atoms with van der Waals surface area (Å²) in [6.45, 7) is 0.328. The zero-order valence-corrected chi connectivity index (χ0v) is 12.4. The summed E-state index contributed by atoms with van der Waals surface area (Å²) in [6.07, 6.45) is 0. The van der Waals surface area contributed by atoms with E-state index in [4.69, 9.17) is 21.1 Å². The van der Waals surface area contributed by atoms with Gasteiger partial charge in [-0.3, -0.25) is 0 Å². The summed E-state index contributed by atoms with van der Waals surface area (Å²) in [6, 6.07) is 8.14. The smallest absolute Gasteiger partial charge is 0.162 e. The number of hydrogen-bond acceptors (Lipinski definition) is 5. The van der Waals surface area contributed by atoms with Gasteiger partial charge >= 0.3 is 0 Å². The molecule has 2 aromatic rings. The molecule has 112 valence electrons. The van der Waals surface area contributed by atoms with Gasteiger partial charge in [0, 0.05) is 35.0 Å². The molecule has 0 aliphatic heterocycles. The van der Waals surface area contributed by atoms with Crippen LogP contribution in [0.3, 0.4) is 0 Å². The van der Waals surface area contributed by atoms with Gasteiger partial charge in [0.25, 0.3) is 0 Å². The first-order valence-electron chi connectivity index (χ1n) is 6.21. The lowest BCUT2D eigenvalue weighted by Gasteiger charge is -2.12. The van der Waals surface area contributed by atoms with Crippen LogP contribution in [0.15, 0.2) is 30.3 Å². The van der Waals surface area contributed by atoms with Crippen LogP contribution in [-0.4, -0.2) is 24.4 Å². The Morgan fingerprint density at radius 3 is 2.38 bits per heavy atom. The summed E-state index contributed by atoms with van der Waals surface area (Å²) in [5.74, 6) is 0.784. The van der Waals surface area contributed by atoms with Crippen molar-refractivity contribution < 1.29 is 19.7 Å². The maximum atomic E-state index is 10.0. The molecule has 0 aromatic heterocycles. The number of benzene rings is 2. The highest BCUT2D eigenvalue weighted by molar-refractivity contribution is 6.30. The zero-order valence-electron chi connectivity index (χ0n) is 11.7. The van der Waals surface area contributed by atoms with Crippen molar-refractivity contribution in [2.24, 2.45) is 0 Å². The van der Waals surface area contributed by atoms with Crippen LogP contribution in [0.5, 0.6) is 23.0 Å². The Morgan fingerprint density at radius 1 is 1.05 bits per heavy atom. The van der Waals surface area contributed by atoms with Crippen molar-refractivity contribution in [3.05, 3.63) is 40.9 Å². The summed E-state index contributed by atoms with van der Waals surface area (Å²) >= 11 is 5.97. The summed E-state index contributed by atoms with van der Waals surface area (Å²) < 4.78 is 10.0. The highest BCUT2D eigenvalue weighted by atomic mass is 35.5. The standard InChI is InChI=1S/C15H16ClNO4/c1-20-13-4-3-11(7-12(13)18)17-8-9-5-10(16)6-14(21-2)15(9)19/h3-7,17-19H,8H2,1-2H3. The number of phenols is 2. The molecule has 6 heteroatoms. The van der Waals surface area contributed by atoms with E-state index in [-0.39, 0.29) is 11.5 Å². The summed E-state index contributed by atoms with van der Waals surface area (Å²) in [4.78, 5) is 0. The Bertz CT molecular complexity index is 646. The monoisotopic (exact) mass is 309 g/mol. The molecule has 5 nitrogen and oxygen atoms in total. The van der Waals surface area contributed by atoms with Gasteiger partial charge in [0.2, 0.25) is 0 Å². The molecular weight excluding hydrogens is 294 g/mol. The highest BCUT2D eigenvalue weighted by Crippen LogP contribution is 2.34. The van der Waals surface area contributed by atoms with Crippen molar-refractivity contribution >= 4 is 17.3 Å². The van der Waals surface area contributed by atoms with Gasteiger partial charge in [-0.05, 0) is 18.2 Å². The molecular formula is C15H16ClNO4. The van der Waals surface area contributed by atoms with Crippen LogP contribution < -0.4 is 14.8 Å². The maximum Gasteiger partial charge on any atom is 0.162 e. The minimum atomic E-state index is 0.0344. The average Bonchev–Trinajstić information content (AvgIpc) is 2.47. The number of aromatic hydroxyl groups is 2. The quantitative estimate of drug-likeness (QED) is 0.790. The number of methoxy groups -OCH3 is 2. The molecule has 0 heterocycles. The van der Waals surface area contributed by atoms with E-state index in [0.29, 0.717) is 34.3 Å². The number of ether oxygens (including phenoxy) is 2. The first kappa shape index (κ1) is 15.1. The van der Waals surface area contributed by atoms with Gasteiger partial charge in [-0.1, -0.05) is 11.6 Å². The average molecular weight is 310 g/mol. The Kier molecular flexibility index (Phi) is 4.65. The third-order valence-electron chi connectivity index (χ3n) is 3.00. The summed E-state index contributed by atoms with van der Waals surface area (Å²) in [7, 11) is 2.95. The van der Waals surface area contributed by atoms with E-state index in [1.807, 2.05) is 0 Å². The number of nitrogens with one attached hydrogen (secondary N) is 1. The molecule has 21 heavy (non-hydrogen) atoms. The van der Waals surface area contributed by atoms with Crippen LogP contribution in [0.25, 0.3) is 0 Å². The third-order valence-corrected chi connectivity index (χ3v) is 3.22. The normalized spacial score (nSPS) is 10.2. The number of halogens is 1. The molecule has 0 bridgehead atoms. The van der Waals surface area contributed by atoms with E-state index in [1.165, 1.54) is 20.3 Å². The van der Waals surface area contributed by atoms with Crippen molar-refractivity contribution in [3.63, 3.8) is 0 Å². The predicted octanol–water partition coefficient (Wildman–Crippen LogP) is 3.38. The number of phenolic OH excluding ortho intramolecular Hbond substituents is 2. The second-order valence-corrected chi connectivity index (χ2v) is 4.79. The van der Waals surface area contributed by atoms with Crippen LogP contribution in [0.2, 0.25) is 5.02 Å². The van der Waals surface area contributed by atoms with Crippen LogP contribution in [0.4, 0.5) is 5.69 Å². The van der Waals surface area contributed by atoms with E-state index in [2.05, 4.69) is 5.32 Å². The van der Waals surface area contributed by atoms with Crippen molar-refractivity contribution in [3.8, 4) is 23.0 Å². The number of hydrogen-bond donors (Lipinski definition) is 3. The molecule has 0 aliphatic rings. The predicted molar refractivity (Wildman–Crippen MR) is 81.7 cm³/mol. The molecule has 0 saturated heterocycles. The Balaban J connectivity index is 2.16. The van der Waals surface area contributed by atoms with Crippen molar-refractivity contribution in [2.75, 3.05) is 19.5 Å². The van der Waals surface area contributed by atoms with Crippen molar-refractivity contribution in [1.29, 1.82) is 0 Å². The van der Waals surface area contributed by atoms with Crippen LogP contribution in [-0.2, 0) is 6.54 Å². The van der Waals surface area contributed by atoms with Gasteiger partial charge < -0.3 is 25.0 Å². The Morgan fingerprint density at radius 2 is 1.76 bits per heavy atom. The second kappa shape index (κ2) is 6.45. The fourth-order valence-corrected chi connectivity index (χ4v) is 2.15. The molecule has 2 aromatic carbocycles. The molecule has 0 unspecified atom stereocenters. The highest BCUT2D eigenvalue weighted by Gasteiger charge is 2.10. The van der Waals surface area contributed by atoms with Crippen LogP contribution >= 0.6 is 11.6 Å². The minimum absolute atomic E-state index is 0.0344. The Labute approximate surface area is 127 Å². The lowest BCUT2D eigenvalue weighted by molar-refractivity contribution is 0.371. The molecule has 3 N–H and O–H groups in total. The molecule has 0 radical (unpaired) electrons. The number of anilines is 1. The van der Waals surface area contributed by atoms with Crippen molar-refractivity contribution in [2.45, 2.75) is 6.54 Å². The zero-order chi connectivity index (χ0) is 15.4. The van der Waals surface area contributed by atoms with Gasteiger partial charge in [-0.2, -0.15) is 0 Å². The number of rotatable bonds is 5. The fourth-order valence-electron chi connectivity index (χ4n) is 1.92. The molecule has 0 atom stereocenters. The van der Waals surface area contributed by atoms with Crippen molar-refractivity contribution in [1.82, 2.24) is 0 Å². The van der Waals surface area contributed by atoms with Crippen LogP contribution in [0, 0.1) is 0 Å². The molecule has 0 fully saturated rings. The minimum Gasteiger partial charge on any atom is -0.504 e. The first-order valence-corrected chi connectivity index (χ1v) is 6.59. The van der Waals surface area contributed by atoms with Gasteiger partial charge in [-0.25, -0.2) is 0 Å².